The number of aryl methyl sites for hydroxylation is 2. The fourth-order valence-corrected chi connectivity index (χ4v) is 3.02. The molecule has 0 aromatic carbocycles. The van der Waals surface area contributed by atoms with Crippen molar-refractivity contribution in [3.63, 3.8) is 0 Å². The molecule has 1 saturated heterocycles. The molecular weight excluding hydrogens is 272 g/mol. The maximum atomic E-state index is 4.58. The Morgan fingerprint density at radius 3 is 2.90 bits per heavy atom. The Bertz CT molecular complexity index is 590. The van der Waals surface area contributed by atoms with Gasteiger partial charge < -0.3 is 10.6 Å². The molecule has 0 bridgehead atoms. The number of nitrogens with one attached hydrogen (secondary N) is 2. The Labute approximate surface area is 122 Å². The van der Waals surface area contributed by atoms with Crippen LogP contribution in [0.3, 0.4) is 0 Å². The first-order valence-corrected chi connectivity index (χ1v) is 7.66. The van der Waals surface area contributed by atoms with Crippen LogP contribution in [0.2, 0.25) is 0 Å². The number of anilines is 2. The zero-order chi connectivity index (χ0) is 13.9. The van der Waals surface area contributed by atoms with Crippen molar-refractivity contribution >= 4 is 22.3 Å². The first-order chi connectivity index (χ1) is 9.70. The summed E-state index contributed by atoms with van der Waals surface area (Å²) < 4.78 is 0. The van der Waals surface area contributed by atoms with E-state index in [2.05, 4.69) is 30.8 Å². The van der Waals surface area contributed by atoms with E-state index >= 15 is 0 Å². The Kier molecular flexibility index (Phi) is 3.88. The molecule has 1 fully saturated rings. The van der Waals surface area contributed by atoms with Crippen LogP contribution < -0.4 is 10.6 Å². The van der Waals surface area contributed by atoms with E-state index in [1.807, 2.05) is 19.9 Å². The molecule has 3 rings (SSSR count). The van der Waals surface area contributed by atoms with E-state index < -0.39 is 0 Å². The van der Waals surface area contributed by atoms with Gasteiger partial charge in [-0.3, -0.25) is 0 Å². The fraction of sp³-hybridized carbons (Fsp3) is 0.538. The van der Waals surface area contributed by atoms with E-state index in [1.54, 1.807) is 0 Å². The molecule has 2 N–H and O–H groups in total. The summed E-state index contributed by atoms with van der Waals surface area (Å²) in [7, 11) is 0. The van der Waals surface area contributed by atoms with Crippen molar-refractivity contribution in [2.75, 3.05) is 18.4 Å². The topological polar surface area (TPSA) is 75.6 Å². The minimum Gasteiger partial charge on any atom is -0.316 e. The Morgan fingerprint density at radius 1 is 1.30 bits per heavy atom. The summed E-state index contributed by atoms with van der Waals surface area (Å²) in [5.41, 5.74) is 1.11. The zero-order valence-corrected chi connectivity index (χ0v) is 12.5. The SMILES string of the molecule is Cc1nc(Nc2nnc(C)s2)cc(C2CCCNC2)n1. The molecule has 106 valence electrons. The molecule has 6 nitrogen and oxygen atoms in total. The molecule has 2 aromatic rings. The Balaban J connectivity index is 1.82. The Hall–Kier alpha value is -1.60. The first kappa shape index (κ1) is 13.4. The van der Waals surface area contributed by atoms with Gasteiger partial charge in [0.1, 0.15) is 16.6 Å². The summed E-state index contributed by atoms with van der Waals surface area (Å²) in [6.45, 7) is 5.97. The summed E-state index contributed by atoms with van der Waals surface area (Å²) >= 11 is 1.52. The lowest BCUT2D eigenvalue weighted by atomic mass is 9.96. The second-order valence-corrected chi connectivity index (χ2v) is 6.20. The predicted octanol–water partition coefficient (Wildman–Crippen LogP) is 2.16. The molecule has 0 radical (unpaired) electrons. The van der Waals surface area contributed by atoms with E-state index in [-0.39, 0.29) is 0 Å². The summed E-state index contributed by atoms with van der Waals surface area (Å²) in [5.74, 6) is 2.06. The molecule has 0 aliphatic carbocycles. The minimum absolute atomic E-state index is 0.474. The van der Waals surface area contributed by atoms with Crippen molar-refractivity contribution in [2.24, 2.45) is 0 Å². The van der Waals surface area contributed by atoms with Gasteiger partial charge in [-0.2, -0.15) is 0 Å². The molecule has 7 heteroatoms. The van der Waals surface area contributed by atoms with Crippen LogP contribution in [-0.4, -0.2) is 33.3 Å². The number of piperidine rings is 1. The highest BCUT2D eigenvalue weighted by atomic mass is 32.1. The van der Waals surface area contributed by atoms with Crippen molar-refractivity contribution in [1.29, 1.82) is 0 Å². The van der Waals surface area contributed by atoms with Gasteiger partial charge in [0.15, 0.2) is 0 Å². The third-order valence-corrected chi connectivity index (χ3v) is 4.09. The van der Waals surface area contributed by atoms with Crippen LogP contribution in [0.1, 0.15) is 35.3 Å². The number of hydrogen-bond acceptors (Lipinski definition) is 7. The van der Waals surface area contributed by atoms with Crippen LogP contribution in [0.5, 0.6) is 0 Å². The van der Waals surface area contributed by atoms with Gasteiger partial charge >= 0.3 is 0 Å². The summed E-state index contributed by atoms with van der Waals surface area (Å²) in [4.78, 5) is 9.01. The van der Waals surface area contributed by atoms with E-state index in [0.29, 0.717) is 5.92 Å². The van der Waals surface area contributed by atoms with Gasteiger partial charge in [0.05, 0.1) is 5.69 Å². The van der Waals surface area contributed by atoms with Gasteiger partial charge in [0.2, 0.25) is 5.13 Å². The van der Waals surface area contributed by atoms with Crippen molar-refractivity contribution in [2.45, 2.75) is 32.6 Å². The minimum atomic E-state index is 0.474. The number of aromatic nitrogens is 4. The molecule has 0 spiro atoms. The van der Waals surface area contributed by atoms with Crippen molar-refractivity contribution in [1.82, 2.24) is 25.5 Å². The molecule has 1 unspecified atom stereocenters. The third-order valence-electron chi connectivity index (χ3n) is 3.33. The molecule has 1 aliphatic rings. The Morgan fingerprint density at radius 2 is 2.20 bits per heavy atom. The highest BCUT2D eigenvalue weighted by Gasteiger charge is 2.18. The second-order valence-electron chi connectivity index (χ2n) is 5.02. The van der Waals surface area contributed by atoms with Crippen LogP contribution in [0, 0.1) is 13.8 Å². The van der Waals surface area contributed by atoms with Gasteiger partial charge in [-0.1, -0.05) is 11.3 Å². The zero-order valence-electron chi connectivity index (χ0n) is 11.7. The van der Waals surface area contributed by atoms with E-state index in [9.17, 15) is 0 Å². The maximum absolute atomic E-state index is 4.58. The number of hydrogen-bond donors (Lipinski definition) is 2. The van der Waals surface area contributed by atoms with Crippen LogP contribution in [0.4, 0.5) is 10.9 Å². The smallest absolute Gasteiger partial charge is 0.211 e. The maximum Gasteiger partial charge on any atom is 0.211 e. The van der Waals surface area contributed by atoms with Crippen LogP contribution in [0.25, 0.3) is 0 Å². The first-order valence-electron chi connectivity index (χ1n) is 6.84. The number of rotatable bonds is 3. The average molecular weight is 290 g/mol. The summed E-state index contributed by atoms with van der Waals surface area (Å²) in [6, 6.07) is 2.03. The highest BCUT2D eigenvalue weighted by molar-refractivity contribution is 7.15. The van der Waals surface area contributed by atoms with Crippen LogP contribution >= 0.6 is 11.3 Å². The van der Waals surface area contributed by atoms with Gasteiger partial charge in [-0.15, -0.1) is 10.2 Å². The molecule has 0 saturated carbocycles. The third kappa shape index (κ3) is 3.10. The van der Waals surface area contributed by atoms with Gasteiger partial charge in [-0.05, 0) is 33.2 Å². The predicted molar refractivity (Wildman–Crippen MR) is 79.5 cm³/mol. The number of nitrogens with zero attached hydrogens (tertiary/aromatic N) is 4. The van der Waals surface area contributed by atoms with Crippen molar-refractivity contribution in [3.05, 3.63) is 22.6 Å². The highest BCUT2D eigenvalue weighted by Crippen LogP contribution is 2.25. The molecule has 1 aliphatic heterocycles. The second kappa shape index (κ2) is 5.80. The fourth-order valence-electron chi connectivity index (χ4n) is 2.42. The van der Waals surface area contributed by atoms with Crippen molar-refractivity contribution < 1.29 is 0 Å². The summed E-state index contributed by atoms with van der Waals surface area (Å²) in [6.07, 6.45) is 2.38. The molecular formula is C13H18N6S. The molecule has 1 atom stereocenters. The van der Waals surface area contributed by atoms with Crippen LogP contribution in [0.15, 0.2) is 6.07 Å². The van der Waals surface area contributed by atoms with Crippen molar-refractivity contribution in [3.8, 4) is 0 Å². The monoisotopic (exact) mass is 290 g/mol. The van der Waals surface area contributed by atoms with E-state index in [1.165, 1.54) is 24.2 Å². The van der Waals surface area contributed by atoms with E-state index in [0.717, 1.165) is 40.6 Å². The molecule has 3 heterocycles. The average Bonchev–Trinajstić information content (AvgIpc) is 2.84. The molecule has 20 heavy (non-hydrogen) atoms. The molecule has 0 amide bonds. The lowest BCUT2D eigenvalue weighted by molar-refractivity contribution is 0.453. The van der Waals surface area contributed by atoms with Gasteiger partial charge in [0.25, 0.3) is 0 Å². The largest absolute Gasteiger partial charge is 0.316 e. The van der Waals surface area contributed by atoms with Crippen LogP contribution in [-0.2, 0) is 0 Å². The lowest BCUT2D eigenvalue weighted by Crippen LogP contribution is -2.29. The lowest BCUT2D eigenvalue weighted by Gasteiger charge is -2.22. The van der Waals surface area contributed by atoms with Gasteiger partial charge in [-0.25, -0.2) is 9.97 Å². The van der Waals surface area contributed by atoms with Gasteiger partial charge in [0, 0.05) is 18.5 Å². The quantitative estimate of drug-likeness (QED) is 0.902. The van der Waals surface area contributed by atoms with E-state index in [4.69, 9.17) is 0 Å². The summed E-state index contributed by atoms with van der Waals surface area (Å²) in [5, 5.41) is 16.4. The standard InChI is InChI=1S/C13H18N6S/c1-8-15-11(10-4-3-5-14-7-10)6-12(16-8)17-13-19-18-9(2)20-13/h6,10,14H,3-5,7H2,1-2H3,(H,15,16,17,19). The normalized spacial score (nSPS) is 19.0. The molecule has 2 aromatic heterocycles.